The molecule has 20 heavy (non-hydrogen) atoms. The molecular weight excluding hydrogens is 334 g/mol. The van der Waals surface area contributed by atoms with E-state index in [1.807, 2.05) is 0 Å². The summed E-state index contributed by atoms with van der Waals surface area (Å²) < 4.78 is 26.8. The normalized spacial score (nSPS) is 10.3. The smallest absolute Gasteiger partial charge is 0.306 e. The van der Waals surface area contributed by atoms with Gasteiger partial charge in [-0.25, -0.2) is 4.39 Å². The fourth-order valence-electron chi connectivity index (χ4n) is 1.62. The van der Waals surface area contributed by atoms with Gasteiger partial charge in [-0.05, 0) is 45.8 Å². The largest absolute Gasteiger partial charge is 0.381 e. The first-order chi connectivity index (χ1) is 9.47. The average Bonchev–Trinajstić information content (AvgIpc) is 2.41. The zero-order valence-electron chi connectivity index (χ0n) is 10.1. The minimum atomic E-state index is -0.893. The van der Waals surface area contributed by atoms with E-state index in [2.05, 4.69) is 21.2 Å². The van der Waals surface area contributed by atoms with Crippen molar-refractivity contribution in [3.63, 3.8) is 0 Å². The molecule has 4 nitrogen and oxygen atoms in total. The zero-order valence-corrected chi connectivity index (χ0v) is 11.7. The van der Waals surface area contributed by atoms with Crippen molar-refractivity contribution in [2.24, 2.45) is 0 Å². The minimum absolute atomic E-state index is 0.271. The molecule has 2 aromatic rings. The molecule has 0 aliphatic heterocycles. The van der Waals surface area contributed by atoms with Crippen molar-refractivity contribution in [1.29, 1.82) is 0 Å². The van der Waals surface area contributed by atoms with E-state index in [-0.39, 0.29) is 6.54 Å². The van der Waals surface area contributed by atoms with E-state index < -0.39 is 22.2 Å². The number of nitro benzene ring substituents is 1. The van der Waals surface area contributed by atoms with Gasteiger partial charge in [0, 0.05) is 18.3 Å². The fraction of sp³-hybridized carbons (Fsp3) is 0.0769. The number of nitro groups is 1. The predicted molar refractivity (Wildman–Crippen MR) is 74.5 cm³/mol. The molecule has 0 saturated carbocycles. The van der Waals surface area contributed by atoms with Crippen LogP contribution >= 0.6 is 15.9 Å². The Morgan fingerprint density at radius 1 is 1.15 bits per heavy atom. The molecule has 0 aliphatic carbocycles. The van der Waals surface area contributed by atoms with Gasteiger partial charge in [0.2, 0.25) is 5.82 Å². The summed E-state index contributed by atoms with van der Waals surface area (Å²) in [6, 6.07) is 8.12. The van der Waals surface area contributed by atoms with E-state index in [4.69, 9.17) is 0 Å². The number of benzene rings is 2. The summed E-state index contributed by atoms with van der Waals surface area (Å²) >= 11 is 3.05. The van der Waals surface area contributed by atoms with Crippen LogP contribution in [0.15, 0.2) is 40.9 Å². The van der Waals surface area contributed by atoms with Crippen LogP contribution in [-0.4, -0.2) is 4.92 Å². The third kappa shape index (κ3) is 3.30. The first kappa shape index (κ1) is 14.4. The van der Waals surface area contributed by atoms with Crippen LogP contribution in [0.1, 0.15) is 5.56 Å². The molecule has 2 aromatic carbocycles. The van der Waals surface area contributed by atoms with Crippen molar-refractivity contribution in [2.45, 2.75) is 6.54 Å². The monoisotopic (exact) mass is 342 g/mol. The van der Waals surface area contributed by atoms with Gasteiger partial charge in [0.1, 0.15) is 5.82 Å². The molecular formula is C13H9BrF2N2O2. The lowest BCUT2D eigenvalue weighted by Crippen LogP contribution is -2.01. The summed E-state index contributed by atoms with van der Waals surface area (Å²) in [5.74, 6) is -1.29. The standard InChI is InChI=1S/C13H9BrF2N2O2/c14-10-3-1-8(5-12(10)16)7-17-9-2-4-11(15)13(6-9)18(19)20/h1-6,17H,7H2. The van der Waals surface area contributed by atoms with Gasteiger partial charge in [0.15, 0.2) is 0 Å². The Morgan fingerprint density at radius 2 is 1.90 bits per heavy atom. The van der Waals surface area contributed by atoms with Crippen molar-refractivity contribution in [3.05, 3.63) is 68.2 Å². The van der Waals surface area contributed by atoms with Crippen molar-refractivity contribution in [2.75, 3.05) is 5.32 Å². The van der Waals surface area contributed by atoms with E-state index in [0.717, 1.165) is 12.1 Å². The minimum Gasteiger partial charge on any atom is -0.381 e. The van der Waals surface area contributed by atoms with Gasteiger partial charge in [0.25, 0.3) is 0 Å². The van der Waals surface area contributed by atoms with Crippen LogP contribution < -0.4 is 5.32 Å². The Balaban J connectivity index is 2.12. The molecule has 0 aromatic heterocycles. The number of anilines is 1. The van der Waals surface area contributed by atoms with Gasteiger partial charge < -0.3 is 5.32 Å². The molecule has 0 radical (unpaired) electrons. The average molecular weight is 343 g/mol. The first-order valence-corrected chi connectivity index (χ1v) is 6.38. The molecule has 104 valence electrons. The van der Waals surface area contributed by atoms with Crippen LogP contribution in [-0.2, 0) is 6.54 Å². The van der Waals surface area contributed by atoms with Gasteiger partial charge in [-0.15, -0.1) is 0 Å². The summed E-state index contributed by atoms with van der Waals surface area (Å²) in [6.45, 7) is 0.271. The molecule has 1 N–H and O–H groups in total. The Labute approximate surface area is 121 Å². The second-order valence-corrected chi connectivity index (χ2v) is 4.88. The van der Waals surface area contributed by atoms with E-state index in [9.17, 15) is 18.9 Å². The highest BCUT2D eigenvalue weighted by Crippen LogP contribution is 2.22. The maximum absolute atomic E-state index is 13.3. The SMILES string of the molecule is O=[N+]([O-])c1cc(NCc2ccc(Br)c(F)c2)ccc1F. The summed E-state index contributed by atoms with van der Waals surface area (Å²) in [5, 5.41) is 13.5. The second-order valence-electron chi connectivity index (χ2n) is 4.03. The summed E-state index contributed by atoms with van der Waals surface area (Å²) in [4.78, 5) is 9.82. The molecule has 0 aliphatic rings. The molecule has 0 heterocycles. The lowest BCUT2D eigenvalue weighted by molar-refractivity contribution is -0.387. The van der Waals surface area contributed by atoms with Gasteiger partial charge in [-0.2, -0.15) is 4.39 Å². The molecule has 2 rings (SSSR count). The molecule has 0 spiro atoms. The Kier molecular flexibility index (Phi) is 4.29. The Morgan fingerprint density at radius 3 is 2.55 bits per heavy atom. The summed E-state index contributed by atoms with van der Waals surface area (Å²) in [5.41, 5.74) is 0.455. The van der Waals surface area contributed by atoms with Crippen molar-refractivity contribution < 1.29 is 13.7 Å². The lowest BCUT2D eigenvalue weighted by atomic mass is 10.2. The quantitative estimate of drug-likeness (QED) is 0.667. The number of nitrogens with zero attached hydrogens (tertiary/aromatic N) is 1. The van der Waals surface area contributed by atoms with Gasteiger partial charge >= 0.3 is 5.69 Å². The molecule has 0 unspecified atom stereocenters. The molecule has 0 bridgehead atoms. The van der Waals surface area contributed by atoms with Crippen LogP contribution in [0, 0.1) is 21.7 Å². The number of hydrogen-bond acceptors (Lipinski definition) is 3. The van der Waals surface area contributed by atoms with Crippen LogP contribution in [0.5, 0.6) is 0 Å². The summed E-state index contributed by atoms with van der Waals surface area (Å²) in [6.07, 6.45) is 0. The first-order valence-electron chi connectivity index (χ1n) is 5.59. The molecule has 0 atom stereocenters. The van der Waals surface area contributed by atoms with Gasteiger partial charge in [-0.3, -0.25) is 10.1 Å². The van der Waals surface area contributed by atoms with Crippen LogP contribution in [0.3, 0.4) is 0 Å². The number of halogens is 3. The van der Waals surface area contributed by atoms with E-state index in [1.54, 1.807) is 12.1 Å². The van der Waals surface area contributed by atoms with Crippen molar-refractivity contribution in [3.8, 4) is 0 Å². The van der Waals surface area contributed by atoms with Crippen molar-refractivity contribution >= 4 is 27.3 Å². The number of hydrogen-bond donors (Lipinski definition) is 1. The maximum atomic E-state index is 13.3. The van der Waals surface area contributed by atoms with Crippen LogP contribution in [0.25, 0.3) is 0 Å². The highest BCUT2D eigenvalue weighted by molar-refractivity contribution is 9.10. The molecule has 0 fully saturated rings. The van der Waals surface area contributed by atoms with Crippen LogP contribution in [0.4, 0.5) is 20.2 Å². The zero-order chi connectivity index (χ0) is 14.7. The second kappa shape index (κ2) is 5.96. The van der Waals surface area contributed by atoms with Gasteiger partial charge in [0.05, 0.1) is 9.40 Å². The molecule has 7 heteroatoms. The van der Waals surface area contributed by atoms with E-state index >= 15 is 0 Å². The fourth-order valence-corrected chi connectivity index (χ4v) is 1.86. The third-order valence-electron chi connectivity index (χ3n) is 2.62. The Hall–Kier alpha value is -2.02. The number of nitrogens with one attached hydrogen (secondary N) is 1. The topological polar surface area (TPSA) is 55.2 Å². The predicted octanol–water partition coefficient (Wildman–Crippen LogP) is 4.25. The highest BCUT2D eigenvalue weighted by atomic mass is 79.9. The highest BCUT2D eigenvalue weighted by Gasteiger charge is 2.14. The Bertz CT molecular complexity index is 665. The van der Waals surface area contributed by atoms with Gasteiger partial charge in [-0.1, -0.05) is 6.07 Å². The summed E-state index contributed by atoms with van der Waals surface area (Å²) in [7, 11) is 0. The van der Waals surface area contributed by atoms with E-state index in [1.165, 1.54) is 12.1 Å². The molecule has 0 saturated heterocycles. The maximum Gasteiger partial charge on any atom is 0.306 e. The lowest BCUT2D eigenvalue weighted by Gasteiger charge is -2.07. The van der Waals surface area contributed by atoms with Crippen molar-refractivity contribution in [1.82, 2.24) is 0 Å². The third-order valence-corrected chi connectivity index (χ3v) is 3.27. The van der Waals surface area contributed by atoms with E-state index in [0.29, 0.717) is 15.7 Å². The van der Waals surface area contributed by atoms with Crippen LogP contribution in [0.2, 0.25) is 0 Å². The number of rotatable bonds is 4. The molecule has 0 amide bonds.